The third kappa shape index (κ3) is 5.21. The van der Waals surface area contributed by atoms with E-state index in [-0.39, 0.29) is 13.5 Å². The molecular weight excluding hydrogens is 436 g/mol. The molecule has 6 nitrogen and oxygen atoms in total. The van der Waals surface area contributed by atoms with E-state index in [2.05, 4.69) is 30.4 Å². The first-order valence-electron chi connectivity index (χ1n) is 10.7. The molecule has 0 saturated carbocycles. The van der Waals surface area contributed by atoms with Crippen LogP contribution in [0.15, 0.2) is 65.1 Å². The van der Waals surface area contributed by atoms with Crippen molar-refractivity contribution in [1.29, 1.82) is 0 Å². The summed E-state index contributed by atoms with van der Waals surface area (Å²) in [5.41, 5.74) is 6.46. The number of benzene rings is 3. The van der Waals surface area contributed by atoms with Gasteiger partial charge in [0.2, 0.25) is 5.89 Å². The lowest BCUT2D eigenvalue weighted by molar-refractivity contribution is -0.139. The van der Waals surface area contributed by atoms with Crippen LogP contribution in [0.25, 0.3) is 33.7 Å². The molecule has 0 aliphatic carbocycles. The van der Waals surface area contributed by atoms with Crippen molar-refractivity contribution in [2.24, 2.45) is 0 Å². The molecule has 1 aromatic heterocycles. The van der Waals surface area contributed by atoms with Crippen LogP contribution in [-0.4, -0.2) is 28.7 Å². The maximum atomic E-state index is 11.1. The second kappa shape index (κ2) is 10.6. The largest absolute Gasteiger partial charge is 0.493 e. The molecule has 0 aliphatic rings. The number of carbonyl (C=O) groups is 1. The molecule has 0 radical (unpaired) electrons. The van der Waals surface area contributed by atoms with Crippen LogP contribution in [0.5, 0.6) is 5.75 Å². The van der Waals surface area contributed by atoms with Gasteiger partial charge in [-0.25, -0.2) is 4.98 Å². The van der Waals surface area contributed by atoms with E-state index in [0.717, 1.165) is 27.8 Å². The Balaban J connectivity index is 0.00000306. The van der Waals surface area contributed by atoms with E-state index in [4.69, 9.17) is 19.2 Å². The lowest BCUT2D eigenvalue weighted by atomic mass is 9.96. The minimum absolute atomic E-state index is 0. The number of nitrogens with one attached hydrogen (secondary N) is 1. The molecule has 3 aromatic carbocycles. The van der Waals surface area contributed by atoms with Gasteiger partial charge in [-0.05, 0) is 49.6 Å². The van der Waals surface area contributed by atoms with Crippen molar-refractivity contribution >= 4 is 30.6 Å². The summed E-state index contributed by atoms with van der Waals surface area (Å²) in [6, 6.07) is 19.4. The number of carboxylic acid groups (broad SMARTS) is 1. The lowest BCUT2D eigenvalue weighted by Crippen LogP contribution is -2.33. The zero-order valence-corrected chi connectivity index (χ0v) is 19.9. The fourth-order valence-electron chi connectivity index (χ4n) is 3.69. The quantitative estimate of drug-likeness (QED) is 0.356. The zero-order valence-electron chi connectivity index (χ0n) is 18.9. The van der Waals surface area contributed by atoms with Gasteiger partial charge in [-0.2, -0.15) is 13.5 Å². The van der Waals surface area contributed by atoms with Gasteiger partial charge in [-0.3, -0.25) is 4.79 Å². The fourth-order valence-corrected chi connectivity index (χ4v) is 3.69. The molecule has 172 valence electrons. The molecule has 0 fully saturated rings. The summed E-state index contributed by atoms with van der Waals surface area (Å²) in [5, 5.41) is 12.1. The standard InChI is InChI=1S/C26H26N2O4.H2S/c1-4-31-23-14-24-22(13-19(23)15-27-17(3)26(29)30)28-25(32-24)21-12-8-11-20(16(21)2)18-9-6-5-7-10-18;/h5-14,17,27H,4,15H2,1-3H3,(H,29,30);1H2/t17-;/m0./s1. The van der Waals surface area contributed by atoms with Gasteiger partial charge in [0.05, 0.1) is 6.61 Å². The van der Waals surface area contributed by atoms with E-state index in [1.54, 1.807) is 6.92 Å². The normalized spacial score (nSPS) is 11.7. The van der Waals surface area contributed by atoms with Crippen LogP contribution in [0.3, 0.4) is 0 Å². The highest BCUT2D eigenvalue weighted by Crippen LogP contribution is 2.34. The summed E-state index contributed by atoms with van der Waals surface area (Å²) >= 11 is 0. The number of nitrogens with zero attached hydrogens (tertiary/aromatic N) is 1. The summed E-state index contributed by atoms with van der Waals surface area (Å²) in [4.78, 5) is 15.9. The first kappa shape index (κ1) is 24.4. The van der Waals surface area contributed by atoms with Crippen molar-refractivity contribution in [2.45, 2.75) is 33.4 Å². The maximum absolute atomic E-state index is 11.1. The number of carboxylic acids is 1. The zero-order chi connectivity index (χ0) is 22.7. The minimum atomic E-state index is -0.901. The topological polar surface area (TPSA) is 84.6 Å². The van der Waals surface area contributed by atoms with Crippen LogP contribution >= 0.6 is 13.5 Å². The van der Waals surface area contributed by atoms with E-state index >= 15 is 0 Å². The monoisotopic (exact) mass is 464 g/mol. The van der Waals surface area contributed by atoms with Crippen LogP contribution in [0.4, 0.5) is 0 Å². The highest BCUT2D eigenvalue weighted by Gasteiger charge is 2.17. The molecule has 0 saturated heterocycles. The summed E-state index contributed by atoms with van der Waals surface area (Å²) < 4.78 is 11.9. The number of aliphatic carboxylic acids is 1. The summed E-state index contributed by atoms with van der Waals surface area (Å²) in [6.07, 6.45) is 0. The van der Waals surface area contributed by atoms with Crippen molar-refractivity contribution in [1.82, 2.24) is 10.3 Å². The van der Waals surface area contributed by atoms with Crippen LogP contribution in [0, 0.1) is 6.92 Å². The van der Waals surface area contributed by atoms with Crippen LogP contribution in [0.2, 0.25) is 0 Å². The Hall–Kier alpha value is -3.29. The fraction of sp³-hybridized carbons (Fsp3) is 0.231. The van der Waals surface area contributed by atoms with Gasteiger partial charge in [0.25, 0.3) is 0 Å². The van der Waals surface area contributed by atoms with Gasteiger partial charge in [0, 0.05) is 23.7 Å². The highest BCUT2D eigenvalue weighted by atomic mass is 32.1. The molecule has 4 aromatic rings. The summed E-state index contributed by atoms with van der Waals surface area (Å²) in [5.74, 6) is 0.297. The molecule has 0 bridgehead atoms. The Labute approximate surface area is 200 Å². The number of hydrogen-bond acceptors (Lipinski definition) is 5. The number of ether oxygens (including phenoxy) is 1. The van der Waals surface area contributed by atoms with Gasteiger partial charge in [0.1, 0.15) is 17.3 Å². The van der Waals surface area contributed by atoms with E-state index in [1.165, 1.54) is 0 Å². The molecule has 0 spiro atoms. The second-order valence-electron chi connectivity index (χ2n) is 7.66. The Morgan fingerprint density at radius 3 is 2.55 bits per heavy atom. The SMILES string of the molecule is CCOc1cc2oc(-c3cccc(-c4ccccc4)c3C)nc2cc1CN[C@@H](C)C(=O)O.S. The van der Waals surface area contributed by atoms with Crippen LogP contribution in [0.1, 0.15) is 25.0 Å². The molecule has 0 aliphatic heterocycles. The Bertz CT molecular complexity index is 1250. The number of oxazole rings is 1. The smallest absolute Gasteiger partial charge is 0.320 e. The first-order chi connectivity index (χ1) is 15.5. The van der Waals surface area contributed by atoms with Crippen molar-refractivity contribution in [3.05, 3.63) is 71.8 Å². The molecule has 1 atom stereocenters. The summed E-state index contributed by atoms with van der Waals surface area (Å²) in [7, 11) is 0. The molecular formula is C26H28N2O4S. The molecule has 1 heterocycles. The number of hydrogen-bond donors (Lipinski definition) is 2. The maximum Gasteiger partial charge on any atom is 0.320 e. The Morgan fingerprint density at radius 1 is 1.12 bits per heavy atom. The molecule has 7 heteroatoms. The predicted molar refractivity (Wildman–Crippen MR) is 135 cm³/mol. The first-order valence-corrected chi connectivity index (χ1v) is 10.7. The van der Waals surface area contributed by atoms with Crippen LogP contribution in [-0.2, 0) is 11.3 Å². The van der Waals surface area contributed by atoms with E-state index in [0.29, 0.717) is 35.9 Å². The number of aromatic nitrogens is 1. The molecule has 4 rings (SSSR count). The summed E-state index contributed by atoms with van der Waals surface area (Å²) in [6.45, 7) is 6.43. The molecule has 0 unspecified atom stereocenters. The van der Waals surface area contributed by atoms with Crippen molar-refractivity contribution in [3.63, 3.8) is 0 Å². The van der Waals surface area contributed by atoms with Crippen molar-refractivity contribution < 1.29 is 19.1 Å². The third-order valence-electron chi connectivity index (χ3n) is 5.49. The van der Waals surface area contributed by atoms with Gasteiger partial charge in [-0.1, -0.05) is 42.5 Å². The third-order valence-corrected chi connectivity index (χ3v) is 5.49. The van der Waals surface area contributed by atoms with E-state index < -0.39 is 12.0 Å². The highest BCUT2D eigenvalue weighted by molar-refractivity contribution is 7.59. The van der Waals surface area contributed by atoms with Gasteiger partial charge in [0.15, 0.2) is 5.58 Å². The predicted octanol–water partition coefficient (Wildman–Crippen LogP) is 5.54. The molecule has 2 N–H and O–H groups in total. The Morgan fingerprint density at radius 2 is 1.85 bits per heavy atom. The molecule has 33 heavy (non-hydrogen) atoms. The van der Waals surface area contributed by atoms with Gasteiger partial charge >= 0.3 is 5.97 Å². The van der Waals surface area contributed by atoms with Crippen LogP contribution < -0.4 is 10.1 Å². The minimum Gasteiger partial charge on any atom is -0.493 e. The van der Waals surface area contributed by atoms with Crippen molar-refractivity contribution in [3.8, 4) is 28.3 Å². The Kier molecular flexibility index (Phi) is 7.79. The van der Waals surface area contributed by atoms with E-state index in [9.17, 15) is 4.79 Å². The average Bonchev–Trinajstić information content (AvgIpc) is 3.20. The number of rotatable bonds is 8. The second-order valence-corrected chi connectivity index (χ2v) is 7.66. The average molecular weight is 465 g/mol. The number of fused-ring (bicyclic) bond motifs is 1. The van der Waals surface area contributed by atoms with Gasteiger partial charge in [-0.15, -0.1) is 0 Å². The lowest BCUT2D eigenvalue weighted by Gasteiger charge is -2.13. The van der Waals surface area contributed by atoms with E-state index in [1.807, 2.05) is 49.4 Å². The molecule has 0 amide bonds. The van der Waals surface area contributed by atoms with Crippen molar-refractivity contribution in [2.75, 3.05) is 6.61 Å². The van der Waals surface area contributed by atoms with Gasteiger partial charge < -0.3 is 19.6 Å².